The van der Waals surface area contributed by atoms with Crippen molar-refractivity contribution in [3.8, 4) is 6.07 Å². The number of hydrogen-bond donors (Lipinski definition) is 1. The summed E-state index contributed by atoms with van der Waals surface area (Å²) >= 11 is 7.49. The van der Waals surface area contributed by atoms with Gasteiger partial charge in [0.2, 0.25) is 0 Å². The molecule has 1 N–H and O–H groups in total. The number of halogens is 1. The lowest BCUT2D eigenvalue weighted by atomic mass is 9.77. The third kappa shape index (κ3) is 2.18. The molecule has 0 saturated carbocycles. The van der Waals surface area contributed by atoms with E-state index in [-0.39, 0.29) is 5.92 Å². The fraction of sp³-hybridized carbons (Fsp3) is 0.118. The van der Waals surface area contributed by atoms with Gasteiger partial charge in [-0.2, -0.15) is 10.4 Å². The van der Waals surface area contributed by atoms with Crippen LogP contribution in [0.5, 0.6) is 0 Å². The molecule has 2 atom stereocenters. The Hall–Kier alpha value is -3.02. The van der Waals surface area contributed by atoms with Crippen molar-refractivity contribution in [1.29, 1.82) is 5.26 Å². The van der Waals surface area contributed by atoms with Gasteiger partial charge in [0.1, 0.15) is 17.0 Å². The highest BCUT2D eigenvalue weighted by Gasteiger charge is 2.38. The monoisotopic (exact) mass is 380 g/mol. The van der Waals surface area contributed by atoms with Crippen molar-refractivity contribution in [3.63, 3.8) is 0 Å². The minimum Gasteiger partial charge on any atom is -0.261 e. The summed E-state index contributed by atoms with van der Waals surface area (Å²) in [5.74, 6) is -0.177. The zero-order valence-corrected chi connectivity index (χ0v) is 14.6. The third-order valence-electron chi connectivity index (χ3n) is 4.46. The van der Waals surface area contributed by atoms with Crippen molar-refractivity contribution in [2.45, 2.75) is 5.92 Å². The van der Waals surface area contributed by atoms with Crippen LogP contribution in [0.25, 0.3) is 11.0 Å². The zero-order chi connectivity index (χ0) is 17.7. The van der Waals surface area contributed by atoms with Crippen molar-refractivity contribution in [3.05, 3.63) is 56.9 Å². The Morgan fingerprint density at radius 2 is 2.12 bits per heavy atom. The van der Waals surface area contributed by atoms with Crippen molar-refractivity contribution in [2.24, 2.45) is 10.9 Å². The average Bonchev–Trinajstić information content (AvgIpc) is 3.39. The number of nitrogens with zero attached hydrogens (tertiary/aromatic N) is 5. The molecule has 9 heteroatoms. The number of hydrogen-bond acceptors (Lipinski definition) is 7. The SMILES string of the molecule is N#CC1C(c2ccc(Cl)s2)=Nc2[nH]ncc2C1c1cccc2nonc12. The standard InChI is InChI=1S/C17H9ClN6OS/c18-13-5-4-12(26-13)16-9(6-19)14(10-7-20-22-17(10)21-16)8-2-1-3-11-15(8)24-25-23-11/h1-5,7,9,14H,(H,20,22). The van der Waals surface area contributed by atoms with Crippen LogP contribution in [0.2, 0.25) is 4.34 Å². The van der Waals surface area contributed by atoms with Gasteiger partial charge in [-0.25, -0.2) is 9.62 Å². The quantitative estimate of drug-likeness (QED) is 0.564. The molecule has 7 nitrogen and oxygen atoms in total. The number of H-pyrrole nitrogens is 1. The van der Waals surface area contributed by atoms with E-state index in [9.17, 15) is 5.26 Å². The van der Waals surface area contributed by atoms with E-state index in [0.29, 0.717) is 26.9 Å². The molecule has 126 valence electrons. The minimum atomic E-state index is -0.517. The van der Waals surface area contributed by atoms with E-state index in [1.807, 2.05) is 24.3 Å². The zero-order valence-electron chi connectivity index (χ0n) is 13.0. The molecule has 0 aliphatic carbocycles. The Bertz CT molecular complexity index is 1200. The summed E-state index contributed by atoms with van der Waals surface area (Å²) in [6.07, 6.45) is 1.71. The van der Waals surface area contributed by atoms with Gasteiger partial charge in [-0.15, -0.1) is 11.3 Å². The molecule has 3 aromatic heterocycles. The van der Waals surface area contributed by atoms with E-state index in [1.165, 1.54) is 11.3 Å². The Morgan fingerprint density at radius 1 is 1.19 bits per heavy atom. The lowest BCUT2D eigenvalue weighted by molar-refractivity contribution is 0.315. The van der Waals surface area contributed by atoms with Crippen LogP contribution in [0.1, 0.15) is 21.9 Å². The minimum absolute atomic E-state index is 0.294. The first-order valence-electron chi connectivity index (χ1n) is 7.74. The molecule has 0 amide bonds. The second-order valence-electron chi connectivity index (χ2n) is 5.84. The van der Waals surface area contributed by atoms with E-state index in [0.717, 1.165) is 16.0 Å². The third-order valence-corrected chi connectivity index (χ3v) is 5.71. The predicted molar refractivity (Wildman–Crippen MR) is 96.9 cm³/mol. The van der Waals surface area contributed by atoms with Crippen molar-refractivity contribution in [1.82, 2.24) is 20.5 Å². The molecule has 4 aromatic rings. The summed E-state index contributed by atoms with van der Waals surface area (Å²) < 4.78 is 5.54. The van der Waals surface area contributed by atoms with Crippen molar-refractivity contribution < 1.29 is 4.63 Å². The summed E-state index contributed by atoms with van der Waals surface area (Å²) in [7, 11) is 0. The summed E-state index contributed by atoms with van der Waals surface area (Å²) in [6.45, 7) is 0. The van der Waals surface area contributed by atoms with Gasteiger partial charge in [-0.05, 0) is 34.1 Å². The van der Waals surface area contributed by atoms with Gasteiger partial charge in [0.05, 0.1) is 27.2 Å². The molecular formula is C17H9ClN6OS. The summed E-state index contributed by atoms with van der Waals surface area (Å²) in [6, 6.07) is 11.7. The number of aliphatic imine (C=N–C) groups is 1. The highest BCUT2D eigenvalue weighted by molar-refractivity contribution is 7.18. The fourth-order valence-corrected chi connectivity index (χ4v) is 4.43. The number of benzene rings is 1. The van der Waals surface area contributed by atoms with Crippen LogP contribution in [0.15, 0.2) is 46.2 Å². The molecule has 26 heavy (non-hydrogen) atoms. The smallest absolute Gasteiger partial charge is 0.152 e. The lowest BCUT2D eigenvalue weighted by Gasteiger charge is -2.26. The Balaban J connectivity index is 1.76. The summed E-state index contributed by atoms with van der Waals surface area (Å²) in [4.78, 5) is 5.51. The fourth-order valence-electron chi connectivity index (χ4n) is 3.35. The summed E-state index contributed by atoms with van der Waals surface area (Å²) in [5.41, 5.74) is 3.65. The maximum absolute atomic E-state index is 10.00. The molecular weight excluding hydrogens is 372 g/mol. The molecule has 1 aromatic carbocycles. The van der Waals surface area contributed by atoms with Crippen molar-refractivity contribution >= 4 is 45.5 Å². The first kappa shape index (κ1) is 15.3. The molecule has 2 unspecified atom stereocenters. The number of aromatic nitrogens is 4. The van der Waals surface area contributed by atoms with Gasteiger partial charge in [0, 0.05) is 11.5 Å². The van der Waals surface area contributed by atoms with Crippen LogP contribution in [0.3, 0.4) is 0 Å². The number of nitriles is 1. The molecule has 0 bridgehead atoms. The average molecular weight is 381 g/mol. The molecule has 1 aliphatic heterocycles. The molecule has 0 spiro atoms. The van der Waals surface area contributed by atoms with E-state index in [4.69, 9.17) is 16.2 Å². The maximum Gasteiger partial charge on any atom is 0.152 e. The van der Waals surface area contributed by atoms with E-state index in [2.05, 4.69) is 31.6 Å². The Kier molecular flexibility index (Phi) is 3.38. The number of aromatic amines is 1. The molecule has 5 rings (SSSR count). The Morgan fingerprint density at radius 3 is 2.92 bits per heavy atom. The highest BCUT2D eigenvalue weighted by atomic mass is 35.5. The normalized spacial score (nSPS) is 19.2. The van der Waals surface area contributed by atoms with Gasteiger partial charge < -0.3 is 0 Å². The number of fused-ring (bicyclic) bond motifs is 2. The largest absolute Gasteiger partial charge is 0.261 e. The predicted octanol–water partition coefficient (Wildman–Crippen LogP) is 4.07. The van der Waals surface area contributed by atoms with Crippen LogP contribution in [-0.4, -0.2) is 26.2 Å². The van der Waals surface area contributed by atoms with Crippen molar-refractivity contribution in [2.75, 3.05) is 0 Å². The Labute approximate surface area is 155 Å². The molecule has 0 radical (unpaired) electrons. The molecule has 1 aliphatic rings. The maximum atomic E-state index is 10.00. The molecule has 4 heterocycles. The van der Waals surface area contributed by atoms with Crippen LogP contribution in [-0.2, 0) is 0 Å². The van der Waals surface area contributed by atoms with Gasteiger partial charge in [0.25, 0.3) is 0 Å². The number of rotatable bonds is 2. The lowest BCUT2D eigenvalue weighted by Crippen LogP contribution is -2.25. The van der Waals surface area contributed by atoms with Crippen LogP contribution < -0.4 is 0 Å². The highest BCUT2D eigenvalue weighted by Crippen LogP contribution is 2.44. The summed E-state index contributed by atoms with van der Waals surface area (Å²) in [5, 5.41) is 25.0. The van der Waals surface area contributed by atoms with E-state index >= 15 is 0 Å². The van der Waals surface area contributed by atoms with Crippen LogP contribution in [0, 0.1) is 17.2 Å². The van der Waals surface area contributed by atoms with Gasteiger partial charge in [-0.1, -0.05) is 23.7 Å². The van der Waals surface area contributed by atoms with Crippen LogP contribution >= 0.6 is 22.9 Å². The second kappa shape index (κ2) is 5.76. The first-order valence-corrected chi connectivity index (χ1v) is 8.94. The molecule has 0 saturated heterocycles. The first-order chi connectivity index (χ1) is 12.8. The van der Waals surface area contributed by atoms with Gasteiger partial charge in [-0.3, -0.25) is 5.10 Å². The van der Waals surface area contributed by atoms with Crippen LogP contribution in [0.4, 0.5) is 5.82 Å². The van der Waals surface area contributed by atoms with E-state index < -0.39 is 5.92 Å². The second-order valence-corrected chi connectivity index (χ2v) is 7.55. The number of thiophene rings is 1. The number of nitrogens with one attached hydrogen (secondary N) is 1. The molecule has 0 fully saturated rings. The van der Waals surface area contributed by atoms with E-state index in [1.54, 1.807) is 12.3 Å². The topological polar surface area (TPSA) is 104 Å². The van der Waals surface area contributed by atoms with Gasteiger partial charge >= 0.3 is 0 Å². The van der Waals surface area contributed by atoms with Gasteiger partial charge in [0.15, 0.2) is 5.82 Å².